The molecule has 1 aromatic heterocycles. The van der Waals surface area contributed by atoms with E-state index in [1.54, 1.807) is 25.1 Å². The van der Waals surface area contributed by atoms with Gasteiger partial charge < -0.3 is 14.1 Å². The molecule has 2 heterocycles. The SMILES string of the molecule is COc1ccc2cc([C@H]3SCC(=O)N3Cc3ccco3)ccc2c1. The first kappa shape index (κ1) is 15.1. The van der Waals surface area contributed by atoms with Gasteiger partial charge in [0, 0.05) is 0 Å². The lowest BCUT2D eigenvalue weighted by Gasteiger charge is -2.23. The van der Waals surface area contributed by atoms with Crippen LogP contribution >= 0.6 is 11.8 Å². The maximum atomic E-state index is 12.3. The average Bonchev–Trinajstić information content (AvgIpc) is 3.25. The Morgan fingerprint density at radius 1 is 1.21 bits per heavy atom. The number of benzene rings is 2. The highest BCUT2D eigenvalue weighted by Gasteiger charge is 2.33. The summed E-state index contributed by atoms with van der Waals surface area (Å²) in [5.74, 6) is 2.31. The molecule has 1 amide bonds. The number of furan rings is 1. The molecule has 0 N–H and O–H groups in total. The van der Waals surface area contributed by atoms with Crippen LogP contribution in [0, 0.1) is 0 Å². The summed E-state index contributed by atoms with van der Waals surface area (Å²) >= 11 is 1.66. The fourth-order valence-corrected chi connectivity index (χ4v) is 4.17. The van der Waals surface area contributed by atoms with Gasteiger partial charge in [-0.1, -0.05) is 18.2 Å². The summed E-state index contributed by atoms with van der Waals surface area (Å²) in [4.78, 5) is 14.2. The van der Waals surface area contributed by atoms with Gasteiger partial charge in [-0.05, 0) is 46.7 Å². The molecule has 0 spiro atoms. The Morgan fingerprint density at radius 2 is 2.04 bits per heavy atom. The number of hydrogen-bond acceptors (Lipinski definition) is 4. The largest absolute Gasteiger partial charge is 0.497 e. The maximum absolute atomic E-state index is 12.3. The van der Waals surface area contributed by atoms with Gasteiger partial charge in [0.2, 0.25) is 5.91 Å². The Labute approximate surface area is 144 Å². The summed E-state index contributed by atoms with van der Waals surface area (Å²) in [5, 5.41) is 2.30. The van der Waals surface area contributed by atoms with Gasteiger partial charge in [-0.25, -0.2) is 0 Å². The Hall–Kier alpha value is -2.40. The summed E-state index contributed by atoms with van der Waals surface area (Å²) in [7, 11) is 1.67. The van der Waals surface area contributed by atoms with Gasteiger partial charge in [-0.15, -0.1) is 11.8 Å². The monoisotopic (exact) mass is 339 g/mol. The highest BCUT2D eigenvalue weighted by molar-refractivity contribution is 8.00. The number of carbonyl (C=O) groups is 1. The number of ether oxygens (including phenoxy) is 1. The Balaban J connectivity index is 1.66. The molecule has 1 fully saturated rings. The van der Waals surface area contributed by atoms with E-state index >= 15 is 0 Å². The molecule has 1 aliphatic heterocycles. The van der Waals surface area contributed by atoms with Crippen molar-refractivity contribution < 1.29 is 13.9 Å². The minimum atomic E-state index is 0.0223. The van der Waals surface area contributed by atoms with Gasteiger partial charge >= 0.3 is 0 Å². The molecule has 5 heteroatoms. The molecular formula is C19H17NO3S. The number of nitrogens with zero attached hydrogens (tertiary/aromatic N) is 1. The van der Waals surface area contributed by atoms with Crippen molar-refractivity contribution in [2.45, 2.75) is 11.9 Å². The van der Waals surface area contributed by atoms with Crippen molar-refractivity contribution in [1.29, 1.82) is 0 Å². The summed E-state index contributed by atoms with van der Waals surface area (Å²) in [6.07, 6.45) is 1.64. The van der Waals surface area contributed by atoms with Gasteiger partial charge in [0.15, 0.2) is 0 Å². The molecule has 0 radical (unpaired) electrons. The van der Waals surface area contributed by atoms with E-state index in [0.29, 0.717) is 12.3 Å². The van der Waals surface area contributed by atoms with Crippen LogP contribution in [0.3, 0.4) is 0 Å². The lowest BCUT2D eigenvalue weighted by Crippen LogP contribution is -2.27. The average molecular weight is 339 g/mol. The number of thioether (sulfide) groups is 1. The van der Waals surface area contributed by atoms with E-state index in [2.05, 4.69) is 24.3 Å². The van der Waals surface area contributed by atoms with E-state index in [9.17, 15) is 4.79 Å². The third-order valence-electron chi connectivity index (χ3n) is 4.23. The Kier molecular flexibility index (Phi) is 3.94. The highest BCUT2D eigenvalue weighted by atomic mass is 32.2. The zero-order valence-electron chi connectivity index (χ0n) is 13.3. The third-order valence-corrected chi connectivity index (χ3v) is 5.49. The predicted octanol–water partition coefficient (Wildman–Crippen LogP) is 4.22. The number of carbonyl (C=O) groups excluding carboxylic acids is 1. The second-order valence-electron chi connectivity index (χ2n) is 5.74. The van der Waals surface area contributed by atoms with Crippen molar-refractivity contribution in [2.75, 3.05) is 12.9 Å². The molecule has 3 aromatic rings. The fraction of sp³-hybridized carbons (Fsp3) is 0.211. The second kappa shape index (κ2) is 6.24. The molecule has 24 heavy (non-hydrogen) atoms. The first-order chi connectivity index (χ1) is 11.7. The van der Waals surface area contributed by atoms with Crippen molar-refractivity contribution >= 4 is 28.4 Å². The summed E-state index contributed by atoms with van der Waals surface area (Å²) in [6.45, 7) is 0.504. The van der Waals surface area contributed by atoms with Crippen LogP contribution in [0.4, 0.5) is 0 Å². The lowest BCUT2D eigenvalue weighted by molar-refractivity contribution is -0.128. The zero-order valence-corrected chi connectivity index (χ0v) is 14.1. The van der Waals surface area contributed by atoms with Gasteiger partial charge in [0.05, 0.1) is 25.7 Å². The third kappa shape index (κ3) is 2.76. The van der Waals surface area contributed by atoms with Crippen LogP contribution in [0.15, 0.2) is 59.2 Å². The normalized spacial score (nSPS) is 17.6. The van der Waals surface area contributed by atoms with Gasteiger partial charge in [0.25, 0.3) is 0 Å². The summed E-state index contributed by atoms with van der Waals surface area (Å²) < 4.78 is 10.7. The van der Waals surface area contributed by atoms with Crippen LogP contribution in [-0.2, 0) is 11.3 Å². The van der Waals surface area contributed by atoms with Crippen molar-refractivity contribution in [3.8, 4) is 5.75 Å². The fourth-order valence-electron chi connectivity index (χ4n) is 2.99. The van der Waals surface area contributed by atoms with Crippen LogP contribution < -0.4 is 4.74 Å². The van der Waals surface area contributed by atoms with Crippen molar-refractivity contribution in [1.82, 2.24) is 4.90 Å². The molecule has 2 aromatic carbocycles. The van der Waals surface area contributed by atoms with Crippen LogP contribution in [0.1, 0.15) is 16.7 Å². The minimum Gasteiger partial charge on any atom is -0.497 e. The molecule has 0 aliphatic carbocycles. The molecular weight excluding hydrogens is 322 g/mol. The standard InChI is InChI=1S/C19H17NO3S/c1-22-16-7-6-13-9-15(5-4-14(13)10-16)19-20(18(21)12-24-19)11-17-3-2-8-23-17/h2-10,19H,11-12H2,1H3/t19-/m1/s1. The topological polar surface area (TPSA) is 42.7 Å². The van der Waals surface area contributed by atoms with Crippen LogP contribution in [0.5, 0.6) is 5.75 Å². The Bertz CT molecular complexity index is 875. The van der Waals surface area contributed by atoms with Crippen molar-refractivity contribution in [3.63, 3.8) is 0 Å². The van der Waals surface area contributed by atoms with E-state index in [0.717, 1.165) is 27.8 Å². The van der Waals surface area contributed by atoms with Crippen LogP contribution in [-0.4, -0.2) is 23.7 Å². The molecule has 0 unspecified atom stereocenters. The predicted molar refractivity (Wildman–Crippen MR) is 95.0 cm³/mol. The van der Waals surface area contributed by atoms with E-state index in [-0.39, 0.29) is 11.3 Å². The molecule has 1 aliphatic rings. The number of rotatable bonds is 4. The summed E-state index contributed by atoms with van der Waals surface area (Å²) in [5.41, 5.74) is 1.13. The number of methoxy groups -OCH3 is 1. The molecule has 4 nitrogen and oxygen atoms in total. The molecule has 1 atom stereocenters. The van der Waals surface area contributed by atoms with Gasteiger partial charge in [-0.2, -0.15) is 0 Å². The van der Waals surface area contributed by atoms with Crippen molar-refractivity contribution in [3.05, 3.63) is 66.1 Å². The Morgan fingerprint density at radius 3 is 2.83 bits per heavy atom. The van der Waals surface area contributed by atoms with Crippen LogP contribution in [0.2, 0.25) is 0 Å². The quantitative estimate of drug-likeness (QED) is 0.714. The summed E-state index contributed by atoms with van der Waals surface area (Å²) in [6, 6.07) is 16.1. The molecule has 4 rings (SSSR count). The van der Waals surface area contributed by atoms with E-state index < -0.39 is 0 Å². The second-order valence-corrected chi connectivity index (χ2v) is 6.81. The van der Waals surface area contributed by atoms with Crippen LogP contribution in [0.25, 0.3) is 10.8 Å². The molecule has 0 saturated carbocycles. The lowest BCUT2D eigenvalue weighted by atomic mass is 10.1. The molecule has 0 bridgehead atoms. The first-order valence-electron chi connectivity index (χ1n) is 7.76. The van der Waals surface area contributed by atoms with Gasteiger partial charge in [0.1, 0.15) is 16.9 Å². The number of fused-ring (bicyclic) bond motifs is 1. The smallest absolute Gasteiger partial charge is 0.234 e. The van der Waals surface area contributed by atoms with Gasteiger partial charge in [-0.3, -0.25) is 4.79 Å². The highest BCUT2D eigenvalue weighted by Crippen LogP contribution is 2.40. The zero-order chi connectivity index (χ0) is 16.5. The van der Waals surface area contributed by atoms with E-state index in [1.165, 1.54) is 0 Å². The van der Waals surface area contributed by atoms with E-state index in [4.69, 9.17) is 9.15 Å². The molecule has 122 valence electrons. The first-order valence-corrected chi connectivity index (χ1v) is 8.80. The number of hydrogen-bond donors (Lipinski definition) is 0. The molecule has 1 saturated heterocycles. The van der Waals surface area contributed by atoms with Crippen molar-refractivity contribution in [2.24, 2.45) is 0 Å². The number of amides is 1. The minimum absolute atomic E-state index is 0.0223. The van der Waals surface area contributed by atoms with E-state index in [1.807, 2.05) is 29.2 Å². The maximum Gasteiger partial charge on any atom is 0.234 e.